The van der Waals surface area contributed by atoms with E-state index in [4.69, 9.17) is 0 Å². The Morgan fingerprint density at radius 1 is 1.43 bits per heavy atom. The summed E-state index contributed by atoms with van der Waals surface area (Å²) in [5.74, 6) is -1.40. The van der Waals surface area contributed by atoms with E-state index < -0.39 is 23.3 Å². The van der Waals surface area contributed by atoms with Crippen LogP contribution in [0.3, 0.4) is 0 Å². The molecule has 0 aliphatic carbocycles. The Hall–Kier alpha value is -3.03. The lowest BCUT2D eigenvalue weighted by Gasteiger charge is -2.14. The first-order valence-corrected chi connectivity index (χ1v) is 6.66. The molecule has 0 spiro atoms. The van der Waals surface area contributed by atoms with Gasteiger partial charge in [-0.1, -0.05) is 12.1 Å². The van der Waals surface area contributed by atoms with E-state index in [9.17, 15) is 18.8 Å². The third kappa shape index (κ3) is 3.42. The third-order valence-electron chi connectivity index (χ3n) is 3.13. The van der Waals surface area contributed by atoms with Crippen molar-refractivity contribution < 1.29 is 18.7 Å². The predicted molar refractivity (Wildman–Crippen MR) is 80.1 cm³/mol. The first-order valence-electron chi connectivity index (χ1n) is 6.66. The van der Waals surface area contributed by atoms with Crippen molar-refractivity contribution >= 4 is 23.8 Å². The molecule has 2 aromatic rings. The van der Waals surface area contributed by atoms with Gasteiger partial charge in [0.15, 0.2) is 6.10 Å². The minimum atomic E-state index is -1.16. The lowest BCUT2D eigenvalue weighted by Crippen LogP contribution is -2.32. The number of benzene rings is 1. The van der Waals surface area contributed by atoms with E-state index in [-0.39, 0.29) is 23.5 Å². The molecule has 120 valence electrons. The molecule has 1 N–H and O–H groups in total. The number of hydrogen-bond donors (Lipinski definition) is 1. The number of aryl methyl sites for hydroxylation is 1. The van der Waals surface area contributed by atoms with E-state index in [0.29, 0.717) is 0 Å². The molecule has 0 saturated heterocycles. The first kappa shape index (κ1) is 16.3. The standard InChI is InChI=1S/C15H14FN3O4/c1-9(23-8-20)13(21)12-14(17-7-19(2)15(12)22)18-11-6-4-3-5-10(11)16/h3-9,18H,1-2H3. The first-order chi connectivity index (χ1) is 11.0. The number of rotatable bonds is 6. The van der Waals surface area contributed by atoms with Crippen molar-refractivity contribution in [2.75, 3.05) is 5.32 Å². The van der Waals surface area contributed by atoms with Crippen LogP contribution in [0.25, 0.3) is 0 Å². The number of ketones is 1. The Bertz CT molecular complexity index is 804. The lowest BCUT2D eigenvalue weighted by molar-refractivity contribution is -0.131. The smallest absolute Gasteiger partial charge is 0.293 e. The van der Waals surface area contributed by atoms with Gasteiger partial charge in [-0.2, -0.15) is 0 Å². The van der Waals surface area contributed by atoms with Gasteiger partial charge in [0.25, 0.3) is 12.0 Å². The van der Waals surface area contributed by atoms with Gasteiger partial charge in [0, 0.05) is 7.05 Å². The molecule has 7 nitrogen and oxygen atoms in total. The van der Waals surface area contributed by atoms with Crippen LogP contribution >= 0.6 is 0 Å². The molecule has 23 heavy (non-hydrogen) atoms. The topological polar surface area (TPSA) is 90.3 Å². The van der Waals surface area contributed by atoms with E-state index >= 15 is 0 Å². The zero-order valence-electron chi connectivity index (χ0n) is 12.4. The third-order valence-corrected chi connectivity index (χ3v) is 3.13. The number of Topliss-reactive ketones (excluding diaryl/α,β-unsaturated/α-hetero) is 1. The number of halogens is 1. The average Bonchev–Trinajstić information content (AvgIpc) is 2.53. The minimum Gasteiger partial charge on any atom is -0.456 e. The van der Waals surface area contributed by atoms with E-state index in [1.807, 2.05) is 0 Å². The van der Waals surface area contributed by atoms with E-state index in [1.54, 1.807) is 6.07 Å². The molecule has 0 bridgehead atoms. The molecule has 0 radical (unpaired) electrons. The van der Waals surface area contributed by atoms with Crippen molar-refractivity contribution in [2.45, 2.75) is 13.0 Å². The number of nitrogens with one attached hydrogen (secondary N) is 1. The summed E-state index contributed by atoms with van der Waals surface area (Å²) in [6.45, 7) is 1.45. The molecule has 0 saturated carbocycles. The fourth-order valence-electron chi connectivity index (χ4n) is 1.89. The zero-order valence-corrected chi connectivity index (χ0v) is 12.4. The highest BCUT2D eigenvalue weighted by Gasteiger charge is 2.25. The fourth-order valence-corrected chi connectivity index (χ4v) is 1.89. The van der Waals surface area contributed by atoms with Gasteiger partial charge >= 0.3 is 0 Å². The highest BCUT2D eigenvalue weighted by atomic mass is 19.1. The fraction of sp³-hybridized carbons (Fsp3) is 0.200. The highest BCUT2D eigenvalue weighted by Crippen LogP contribution is 2.20. The van der Waals surface area contributed by atoms with Gasteiger partial charge in [-0.25, -0.2) is 9.37 Å². The van der Waals surface area contributed by atoms with Crippen LogP contribution in [0, 0.1) is 5.82 Å². The normalized spacial score (nSPS) is 11.6. The van der Waals surface area contributed by atoms with Crippen LogP contribution in [0.4, 0.5) is 15.9 Å². The number of anilines is 2. The van der Waals surface area contributed by atoms with Gasteiger partial charge in [0.2, 0.25) is 5.78 Å². The molecule has 1 aromatic heterocycles. The van der Waals surface area contributed by atoms with Gasteiger partial charge in [-0.15, -0.1) is 0 Å². The van der Waals surface area contributed by atoms with Crippen molar-refractivity contribution in [3.05, 3.63) is 52.3 Å². The molecule has 1 heterocycles. The minimum absolute atomic E-state index is 0.0614. The monoisotopic (exact) mass is 319 g/mol. The SMILES string of the molecule is CC(OC=O)C(=O)c1c(Nc2ccccc2F)ncn(C)c1=O. The number of aromatic nitrogens is 2. The van der Waals surface area contributed by atoms with Gasteiger partial charge < -0.3 is 14.6 Å². The Balaban J connectivity index is 2.50. The lowest BCUT2D eigenvalue weighted by atomic mass is 10.1. The number of carbonyl (C=O) groups excluding carboxylic acids is 2. The second-order valence-electron chi connectivity index (χ2n) is 4.73. The van der Waals surface area contributed by atoms with Crippen LogP contribution in [0.2, 0.25) is 0 Å². The Morgan fingerprint density at radius 3 is 2.78 bits per heavy atom. The summed E-state index contributed by atoms with van der Waals surface area (Å²) in [6, 6.07) is 5.76. The number of ether oxygens (including phenoxy) is 1. The maximum Gasteiger partial charge on any atom is 0.293 e. The average molecular weight is 319 g/mol. The molecule has 0 amide bonds. The molecule has 2 rings (SSSR count). The molecule has 0 aliphatic rings. The Labute approximate surface area is 130 Å². The second kappa shape index (κ2) is 6.82. The van der Waals surface area contributed by atoms with Crippen molar-refractivity contribution in [1.29, 1.82) is 0 Å². The largest absolute Gasteiger partial charge is 0.456 e. The van der Waals surface area contributed by atoms with E-state index in [2.05, 4.69) is 15.0 Å². The molecule has 8 heteroatoms. The molecule has 1 unspecified atom stereocenters. The highest BCUT2D eigenvalue weighted by molar-refractivity contribution is 6.03. The number of hydrogen-bond acceptors (Lipinski definition) is 6. The Kier molecular flexibility index (Phi) is 4.85. The van der Waals surface area contributed by atoms with Gasteiger partial charge in [-0.05, 0) is 19.1 Å². The summed E-state index contributed by atoms with van der Waals surface area (Å²) in [4.78, 5) is 38.9. The molecule has 0 fully saturated rings. The van der Waals surface area contributed by atoms with E-state index in [1.165, 1.54) is 38.5 Å². The predicted octanol–water partition coefficient (Wildman–Crippen LogP) is 1.41. The number of nitrogens with zero attached hydrogens (tertiary/aromatic N) is 2. The second-order valence-corrected chi connectivity index (χ2v) is 4.73. The van der Waals surface area contributed by atoms with Crippen LogP contribution in [0.1, 0.15) is 17.3 Å². The van der Waals surface area contributed by atoms with Crippen molar-refractivity contribution in [1.82, 2.24) is 9.55 Å². The summed E-state index contributed by atoms with van der Waals surface area (Å²) >= 11 is 0. The quantitative estimate of drug-likeness (QED) is 0.639. The molecule has 1 atom stereocenters. The summed E-state index contributed by atoms with van der Waals surface area (Å²) in [6.07, 6.45) is 0.0404. The van der Waals surface area contributed by atoms with E-state index in [0.717, 1.165) is 4.57 Å². The van der Waals surface area contributed by atoms with Crippen LogP contribution in [0.15, 0.2) is 35.4 Å². The van der Waals surface area contributed by atoms with Crippen LogP contribution < -0.4 is 10.9 Å². The Morgan fingerprint density at radius 2 is 2.13 bits per heavy atom. The molecule has 1 aromatic carbocycles. The molecular formula is C15H14FN3O4. The van der Waals surface area contributed by atoms with Crippen LogP contribution in [-0.2, 0) is 16.6 Å². The van der Waals surface area contributed by atoms with Gasteiger partial charge in [-0.3, -0.25) is 14.4 Å². The summed E-state index contributed by atoms with van der Waals surface area (Å²) in [7, 11) is 1.42. The van der Waals surface area contributed by atoms with Crippen LogP contribution in [0.5, 0.6) is 0 Å². The van der Waals surface area contributed by atoms with Crippen molar-refractivity contribution in [3.63, 3.8) is 0 Å². The van der Waals surface area contributed by atoms with Gasteiger partial charge in [0.05, 0.1) is 12.0 Å². The van der Waals surface area contributed by atoms with Crippen molar-refractivity contribution in [2.24, 2.45) is 7.05 Å². The summed E-state index contributed by atoms with van der Waals surface area (Å²) < 4.78 is 19.4. The molecule has 0 aliphatic heterocycles. The summed E-state index contributed by atoms with van der Waals surface area (Å²) in [5, 5.41) is 2.62. The number of carbonyl (C=O) groups is 2. The zero-order chi connectivity index (χ0) is 17.0. The van der Waals surface area contributed by atoms with Crippen molar-refractivity contribution in [3.8, 4) is 0 Å². The molecular weight excluding hydrogens is 305 g/mol. The number of para-hydroxylation sites is 1. The maximum absolute atomic E-state index is 13.7. The maximum atomic E-state index is 13.7. The summed E-state index contributed by atoms with van der Waals surface area (Å²) in [5.41, 5.74) is -0.885. The van der Waals surface area contributed by atoms with Gasteiger partial charge in [0.1, 0.15) is 17.2 Å². The van der Waals surface area contributed by atoms with Crippen LogP contribution in [-0.4, -0.2) is 27.9 Å².